The van der Waals surface area contributed by atoms with E-state index in [4.69, 9.17) is 9.47 Å². The third-order valence-electron chi connectivity index (χ3n) is 4.44. The lowest BCUT2D eigenvalue weighted by Crippen LogP contribution is -2.35. The van der Waals surface area contributed by atoms with Crippen molar-refractivity contribution in [1.82, 2.24) is 5.32 Å². The van der Waals surface area contributed by atoms with Crippen molar-refractivity contribution in [3.63, 3.8) is 0 Å². The molecule has 0 aromatic heterocycles. The molecule has 2 aromatic carbocycles. The topological polar surface area (TPSA) is 76.7 Å². The first-order valence-corrected chi connectivity index (χ1v) is 10.7. The van der Waals surface area contributed by atoms with Gasteiger partial charge in [0.05, 0.1) is 17.1 Å². The fraction of sp³-hybridized carbons (Fsp3) is 0.304. The zero-order valence-electron chi connectivity index (χ0n) is 17.4. The summed E-state index contributed by atoms with van der Waals surface area (Å²) in [6.45, 7) is 7.03. The highest BCUT2D eigenvalue weighted by Crippen LogP contribution is 2.39. The van der Waals surface area contributed by atoms with Gasteiger partial charge in [0.15, 0.2) is 6.29 Å². The van der Waals surface area contributed by atoms with E-state index in [1.165, 1.54) is 17.3 Å². The highest BCUT2D eigenvalue weighted by atomic mass is 32.2. The minimum absolute atomic E-state index is 0.182. The largest absolute Gasteiger partial charge is 0.351 e. The number of hydrogen-bond donors (Lipinski definition) is 2. The van der Waals surface area contributed by atoms with E-state index in [0.29, 0.717) is 29.4 Å². The summed E-state index contributed by atoms with van der Waals surface area (Å²) in [7, 11) is 0. The molecule has 158 valence electrons. The molecule has 0 saturated carbocycles. The molecule has 0 radical (unpaired) electrons. The Hall–Kier alpha value is -2.61. The summed E-state index contributed by atoms with van der Waals surface area (Å²) in [6, 6.07) is 13.3. The first-order chi connectivity index (χ1) is 14.5. The van der Waals surface area contributed by atoms with Crippen LogP contribution >= 0.6 is 11.8 Å². The van der Waals surface area contributed by atoms with Crippen LogP contribution in [-0.2, 0) is 14.3 Å². The standard InChI is InChI=1S/C23H26N2O4S/c1-4-28-21(29-5-2)14-24-22(26)17-10-11-19-18(13-17)25-23(27)20(30-19)12-16-8-6-15(3)7-9-16/h6-13,21H,4-5,14H2,1-3H3,(H,24,26)(H,25,27)/b20-12+. The Bertz CT molecular complexity index is 935. The molecule has 2 N–H and O–H groups in total. The third kappa shape index (κ3) is 5.72. The summed E-state index contributed by atoms with van der Waals surface area (Å²) in [6.07, 6.45) is 1.39. The lowest BCUT2D eigenvalue weighted by atomic mass is 10.1. The Morgan fingerprint density at radius 1 is 1.13 bits per heavy atom. The number of hydrogen-bond acceptors (Lipinski definition) is 5. The van der Waals surface area contributed by atoms with Crippen molar-refractivity contribution < 1.29 is 19.1 Å². The van der Waals surface area contributed by atoms with Gasteiger partial charge in [-0.05, 0) is 50.6 Å². The summed E-state index contributed by atoms with van der Waals surface area (Å²) in [5.41, 5.74) is 3.23. The van der Waals surface area contributed by atoms with Crippen LogP contribution in [0.2, 0.25) is 0 Å². The molecular weight excluding hydrogens is 400 g/mol. The number of rotatable bonds is 8. The molecule has 6 nitrogen and oxygen atoms in total. The number of aryl methyl sites for hydroxylation is 1. The minimum atomic E-state index is -0.480. The van der Waals surface area contributed by atoms with Crippen molar-refractivity contribution >= 4 is 35.3 Å². The zero-order valence-corrected chi connectivity index (χ0v) is 18.2. The molecule has 0 unspecified atom stereocenters. The maximum atomic E-state index is 12.5. The molecule has 3 rings (SSSR count). The Morgan fingerprint density at radius 2 is 1.83 bits per heavy atom. The van der Waals surface area contributed by atoms with Crippen LogP contribution in [0.1, 0.15) is 35.3 Å². The molecule has 1 aliphatic rings. The number of amides is 2. The third-order valence-corrected chi connectivity index (χ3v) is 5.54. The number of thioether (sulfide) groups is 1. The van der Waals surface area contributed by atoms with Gasteiger partial charge in [-0.1, -0.05) is 41.6 Å². The second kappa shape index (κ2) is 10.4. The minimum Gasteiger partial charge on any atom is -0.351 e. The maximum absolute atomic E-state index is 12.5. The van der Waals surface area contributed by atoms with Gasteiger partial charge in [-0.2, -0.15) is 0 Å². The van der Waals surface area contributed by atoms with Crippen LogP contribution in [0.3, 0.4) is 0 Å². The molecule has 2 amide bonds. The molecule has 7 heteroatoms. The van der Waals surface area contributed by atoms with Crippen molar-refractivity contribution in [2.45, 2.75) is 32.0 Å². The van der Waals surface area contributed by atoms with Crippen LogP contribution in [-0.4, -0.2) is 37.9 Å². The van der Waals surface area contributed by atoms with Crippen LogP contribution in [0.5, 0.6) is 0 Å². The zero-order chi connectivity index (χ0) is 21.5. The number of carbonyl (C=O) groups is 2. The van der Waals surface area contributed by atoms with Gasteiger partial charge >= 0.3 is 0 Å². The van der Waals surface area contributed by atoms with E-state index in [1.807, 2.05) is 57.2 Å². The van der Waals surface area contributed by atoms with Gasteiger partial charge in [-0.25, -0.2) is 0 Å². The van der Waals surface area contributed by atoms with Crippen molar-refractivity contribution in [2.24, 2.45) is 0 Å². The van der Waals surface area contributed by atoms with Crippen LogP contribution in [0, 0.1) is 6.92 Å². The molecule has 1 heterocycles. The smallest absolute Gasteiger partial charge is 0.262 e. The quantitative estimate of drug-likeness (QED) is 0.488. The first kappa shape index (κ1) is 22.1. The molecule has 0 spiro atoms. The van der Waals surface area contributed by atoms with Gasteiger partial charge in [0, 0.05) is 23.7 Å². The monoisotopic (exact) mass is 426 g/mol. The molecule has 30 heavy (non-hydrogen) atoms. The average molecular weight is 427 g/mol. The number of anilines is 1. The molecule has 0 atom stereocenters. The fourth-order valence-electron chi connectivity index (χ4n) is 2.93. The summed E-state index contributed by atoms with van der Waals surface area (Å²) in [5.74, 6) is -0.430. The summed E-state index contributed by atoms with van der Waals surface area (Å²) >= 11 is 1.39. The Kier molecular flexibility index (Phi) is 7.68. The van der Waals surface area contributed by atoms with Gasteiger partial charge < -0.3 is 20.1 Å². The second-order valence-electron chi connectivity index (χ2n) is 6.74. The molecular formula is C23H26N2O4S. The number of ether oxygens (including phenoxy) is 2. The molecule has 0 saturated heterocycles. The van der Waals surface area contributed by atoms with E-state index in [2.05, 4.69) is 10.6 Å². The van der Waals surface area contributed by atoms with E-state index in [1.54, 1.807) is 12.1 Å². The van der Waals surface area contributed by atoms with Gasteiger partial charge in [-0.3, -0.25) is 9.59 Å². The van der Waals surface area contributed by atoms with Crippen LogP contribution in [0.15, 0.2) is 52.3 Å². The summed E-state index contributed by atoms with van der Waals surface area (Å²) in [4.78, 5) is 26.5. The van der Waals surface area contributed by atoms with Gasteiger partial charge in [-0.15, -0.1) is 0 Å². The van der Waals surface area contributed by atoms with E-state index in [-0.39, 0.29) is 18.4 Å². The maximum Gasteiger partial charge on any atom is 0.262 e. The van der Waals surface area contributed by atoms with Crippen LogP contribution in [0.25, 0.3) is 6.08 Å². The van der Waals surface area contributed by atoms with Crippen LogP contribution < -0.4 is 10.6 Å². The molecule has 0 fully saturated rings. The number of benzene rings is 2. The number of carbonyl (C=O) groups excluding carboxylic acids is 2. The number of fused-ring (bicyclic) bond motifs is 1. The van der Waals surface area contributed by atoms with E-state index in [9.17, 15) is 9.59 Å². The Labute approximate surface area is 181 Å². The first-order valence-electron chi connectivity index (χ1n) is 9.93. The predicted octanol–water partition coefficient (Wildman–Crippen LogP) is 4.21. The van der Waals surface area contributed by atoms with Crippen molar-refractivity contribution in [1.29, 1.82) is 0 Å². The average Bonchev–Trinajstić information content (AvgIpc) is 2.74. The highest BCUT2D eigenvalue weighted by Gasteiger charge is 2.22. The van der Waals surface area contributed by atoms with Gasteiger partial charge in [0.1, 0.15) is 0 Å². The normalized spacial score (nSPS) is 14.5. The molecule has 0 bridgehead atoms. The van der Waals surface area contributed by atoms with Gasteiger partial charge in [0.2, 0.25) is 0 Å². The van der Waals surface area contributed by atoms with E-state index in [0.717, 1.165) is 10.5 Å². The van der Waals surface area contributed by atoms with Crippen molar-refractivity contribution in [2.75, 3.05) is 25.1 Å². The van der Waals surface area contributed by atoms with Crippen molar-refractivity contribution in [3.05, 3.63) is 64.1 Å². The lowest BCUT2D eigenvalue weighted by molar-refractivity contribution is -0.131. The van der Waals surface area contributed by atoms with E-state index >= 15 is 0 Å². The van der Waals surface area contributed by atoms with Crippen molar-refractivity contribution in [3.8, 4) is 0 Å². The lowest BCUT2D eigenvalue weighted by Gasteiger charge is -2.20. The SMILES string of the molecule is CCOC(CNC(=O)c1ccc2c(c1)NC(=O)/C(=C\c1ccc(C)cc1)S2)OCC. The van der Waals surface area contributed by atoms with E-state index < -0.39 is 6.29 Å². The Balaban J connectivity index is 1.69. The summed E-state index contributed by atoms with van der Waals surface area (Å²) < 4.78 is 10.9. The number of nitrogens with one attached hydrogen (secondary N) is 2. The molecule has 2 aromatic rings. The highest BCUT2D eigenvalue weighted by molar-refractivity contribution is 8.04. The fourth-order valence-corrected chi connectivity index (χ4v) is 3.86. The molecule has 1 aliphatic heterocycles. The van der Waals surface area contributed by atoms with Crippen LogP contribution in [0.4, 0.5) is 5.69 Å². The Morgan fingerprint density at radius 3 is 2.50 bits per heavy atom. The predicted molar refractivity (Wildman–Crippen MR) is 119 cm³/mol. The van der Waals surface area contributed by atoms with Gasteiger partial charge in [0.25, 0.3) is 11.8 Å². The molecule has 0 aliphatic carbocycles. The second-order valence-corrected chi connectivity index (χ2v) is 7.82. The summed E-state index contributed by atoms with van der Waals surface area (Å²) in [5, 5.41) is 5.70.